The Morgan fingerprint density at radius 1 is 1.00 bits per heavy atom. The Bertz CT molecular complexity index is 1020. The van der Waals surface area contributed by atoms with Crippen molar-refractivity contribution in [2.75, 3.05) is 10.2 Å². The number of fused-ring (bicyclic) bond motifs is 1. The highest BCUT2D eigenvalue weighted by molar-refractivity contribution is 9.12. The fourth-order valence-electron chi connectivity index (χ4n) is 4.13. The van der Waals surface area contributed by atoms with E-state index in [4.69, 9.17) is 11.6 Å². The molecule has 1 saturated heterocycles. The molecule has 0 unspecified atom stereocenters. The van der Waals surface area contributed by atoms with Crippen LogP contribution < -0.4 is 10.2 Å². The van der Waals surface area contributed by atoms with Crippen LogP contribution in [0.2, 0.25) is 5.02 Å². The molecule has 4 atom stereocenters. The van der Waals surface area contributed by atoms with Gasteiger partial charge >= 0.3 is 0 Å². The van der Waals surface area contributed by atoms with E-state index in [1.165, 1.54) is 4.90 Å². The number of carbonyl (C=O) groups excluding carboxylic acids is 3. The van der Waals surface area contributed by atoms with Gasteiger partial charge in [0.2, 0.25) is 11.8 Å². The van der Waals surface area contributed by atoms with E-state index in [9.17, 15) is 14.4 Å². The second-order valence-electron chi connectivity index (χ2n) is 7.61. The van der Waals surface area contributed by atoms with Gasteiger partial charge in [-0.05, 0) is 49.6 Å². The van der Waals surface area contributed by atoms with E-state index in [1.54, 1.807) is 42.5 Å². The number of hydrogen-bond donors (Lipinski definition) is 1. The third kappa shape index (κ3) is 3.72. The van der Waals surface area contributed by atoms with Crippen LogP contribution in [-0.4, -0.2) is 27.4 Å². The predicted octanol–water partition coefficient (Wildman–Crippen LogP) is 5.33. The zero-order valence-corrected chi connectivity index (χ0v) is 20.0. The van der Waals surface area contributed by atoms with Gasteiger partial charge in [0.15, 0.2) is 0 Å². The van der Waals surface area contributed by atoms with Crippen molar-refractivity contribution in [1.29, 1.82) is 0 Å². The van der Waals surface area contributed by atoms with E-state index in [-0.39, 0.29) is 38.9 Å². The van der Waals surface area contributed by atoms with Crippen molar-refractivity contribution >= 4 is 72.6 Å². The van der Waals surface area contributed by atoms with Crippen molar-refractivity contribution in [3.8, 4) is 0 Å². The first kappa shape index (κ1) is 21.5. The molecule has 5 nitrogen and oxygen atoms in total. The zero-order valence-electron chi connectivity index (χ0n) is 16.1. The molecule has 1 N–H and O–H groups in total. The largest absolute Gasteiger partial charge is 0.322 e. The summed E-state index contributed by atoms with van der Waals surface area (Å²) in [6.07, 6.45) is 1.16. The van der Waals surface area contributed by atoms with Gasteiger partial charge in [0.05, 0.1) is 23.1 Å². The van der Waals surface area contributed by atoms with Crippen LogP contribution in [0.5, 0.6) is 0 Å². The summed E-state index contributed by atoms with van der Waals surface area (Å²) in [5.74, 6) is -1.63. The van der Waals surface area contributed by atoms with E-state index in [0.29, 0.717) is 29.2 Å². The number of anilines is 2. The molecule has 4 rings (SSSR count). The Labute approximate surface area is 196 Å². The number of amides is 3. The molecule has 0 aromatic heterocycles. The zero-order chi connectivity index (χ0) is 21.6. The number of alkyl halides is 2. The molecule has 1 heterocycles. The molecule has 3 amide bonds. The lowest BCUT2D eigenvalue weighted by atomic mass is 9.81. The van der Waals surface area contributed by atoms with Crippen molar-refractivity contribution in [1.82, 2.24) is 0 Å². The maximum atomic E-state index is 13.2. The maximum Gasteiger partial charge on any atom is 0.257 e. The number of nitrogens with zero attached hydrogens (tertiary/aromatic N) is 1. The van der Waals surface area contributed by atoms with Crippen LogP contribution in [0.15, 0.2) is 42.5 Å². The lowest BCUT2D eigenvalue weighted by molar-refractivity contribution is -0.122. The van der Waals surface area contributed by atoms with Gasteiger partial charge in [-0.3, -0.25) is 14.4 Å². The summed E-state index contributed by atoms with van der Waals surface area (Å²) in [5, 5.41) is 3.40. The van der Waals surface area contributed by atoms with E-state index in [1.807, 2.05) is 6.92 Å². The Morgan fingerprint density at radius 3 is 2.23 bits per heavy atom. The minimum Gasteiger partial charge on any atom is -0.322 e. The molecule has 156 valence electrons. The lowest BCUT2D eigenvalue weighted by Gasteiger charge is -2.29. The van der Waals surface area contributed by atoms with Gasteiger partial charge in [-0.2, -0.15) is 0 Å². The Balaban J connectivity index is 1.67. The average molecular weight is 555 g/mol. The van der Waals surface area contributed by atoms with Crippen LogP contribution in [-0.2, 0) is 9.59 Å². The van der Waals surface area contributed by atoms with Gasteiger partial charge in [0.25, 0.3) is 5.91 Å². The summed E-state index contributed by atoms with van der Waals surface area (Å²) in [6, 6.07) is 12.0. The molecule has 8 heteroatoms. The van der Waals surface area contributed by atoms with Gasteiger partial charge in [-0.15, -0.1) is 0 Å². The lowest BCUT2D eigenvalue weighted by Crippen LogP contribution is -2.34. The molecule has 1 aliphatic carbocycles. The SMILES string of the molecule is Cc1c(Cl)cccc1NC(=O)c1ccccc1N1C(=O)[C@@H]2C[C@@H](Br)[C@@H](Br)C[C@H]2C1=O. The number of para-hydroxylation sites is 1. The third-order valence-electron chi connectivity index (χ3n) is 5.82. The van der Waals surface area contributed by atoms with Gasteiger partial charge in [0.1, 0.15) is 0 Å². The Hall–Kier alpha value is -1.70. The van der Waals surface area contributed by atoms with E-state index in [2.05, 4.69) is 37.2 Å². The third-order valence-corrected chi connectivity index (χ3v) is 8.96. The highest BCUT2D eigenvalue weighted by Gasteiger charge is 2.52. The number of halogens is 3. The fraction of sp³-hybridized carbons (Fsp3) is 0.318. The molecule has 1 saturated carbocycles. The molecule has 0 radical (unpaired) electrons. The van der Waals surface area contributed by atoms with E-state index in [0.717, 1.165) is 5.56 Å². The van der Waals surface area contributed by atoms with Crippen LogP contribution in [0.1, 0.15) is 28.8 Å². The number of rotatable bonds is 3. The monoisotopic (exact) mass is 552 g/mol. The Kier molecular flexibility index (Phi) is 6.06. The highest BCUT2D eigenvalue weighted by Crippen LogP contribution is 2.45. The summed E-state index contributed by atoms with van der Waals surface area (Å²) in [6.45, 7) is 1.81. The number of nitrogens with one attached hydrogen (secondary N) is 1. The summed E-state index contributed by atoms with van der Waals surface area (Å²) in [5.41, 5.74) is 1.91. The van der Waals surface area contributed by atoms with Crippen molar-refractivity contribution in [3.05, 3.63) is 58.6 Å². The summed E-state index contributed by atoms with van der Waals surface area (Å²) >= 11 is 13.3. The molecule has 0 bridgehead atoms. The molecule has 2 fully saturated rings. The molecule has 0 spiro atoms. The van der Waals surface area contributed by atoms with Crippen molar-refractivity contribution in [3.63, 3.8) is 0 Å². The van der Waals surface area contributed by atoms with Gasteiger partial charge in [-0.25, -0.2) is 4.90 Å². The first-order valence-electron chi connectivity index (χ1n) is 9.61. The minimum atomic E-state index is -0.400. The quantitative estimate of drug-likeness (QED) is 0.412. The molecular formula is C22H19Br2ClN2O3. The number of benzene rings is 2. The first-order chi connectivity index (χ1) is 14.3. The van der Waals surface area contributed by atoms with Crippen LogP contribution in [0.25, 0.3) is 0 Å². The number of imide groups is 1. The van der Waals surface area contributed by atoms with Gasteiger partial charge in [0, 0.05) is 20.4 Å². The smallest absolute Gasteiger partial charge is 0.257 e. The second-order valence-corrected chi connectivity index (χ2v) is 10.4. The van der Waals surface area contributed by atoms with Crippen molar-refractivity contribution in [2.45, 2.75) is 29.4 Å². The molecule has 2 aromatic rings. The summed E-state index contributed by atoms with van der Waals surface area (Å²) in [7, 11) is 0. The molecular weight excluding hydrogens is 536 g/mol. The molecule has 2 aromatic carbocycles. The predicted molar refractivity (Wildman–Crippen MR) is 125 cm³/mol. The Morgan fingerprint density at radius 2 is 1.60 bits per heavy atom. The van der Waals surface area contributed by atoms with Crippen LogP contribution in [0.4, 0.5) is 11.4 Å². The molecule has 1 aliphatic heterocycles. The van der Waals surface area contributed by atoms with Crippen molar-refractivity contribution < 1.29 is 14.4 Å². The van der Waals surface area contributed by atoms with E-state index >= 15 is 0 Å². The standard InChI is InChI=1S/C22H19Br2ClN2O3/c1-11-17(25)6-4-7-18(11)26-20(28)12-5-2-3-8-19(12)27-21(29)13-9-15(23)16(24)10-14(13)22(27)30/h2-8,13-16H,9-10H2,1H3,(H,26,28)/t13-,14-,15-,16+/m1/s1. The minimum absolute atomic E-state index is 0.125. The van der Waals surface area contributed by atoms with Gasteiger partial charge in [-0.1, -0.05) is 61.7 Å². The number of hydrogen-bond acceptors (Lipinski definition) is 3. The summed E-state index contributed by atoms with van der Waals surface area (Å²) < 4.78 is 0. The highest BCUT2D eigenvalue weighted by atomic mass is 79.9. The van der Waals surface area contributed by atoms with E-state index < -0.39 is 5.91 Å². The van der Waals surface area contributed by atoms with Gasteiger partial charge < -0.3 is 5.32 Å². The van der Waals surface area contributed by atoms with Crippen LogP contribution >= 0.6 is 43.5 Å². The normalized spacial score (nSPS) is 25.9. The second kappa shape index (κ2) is 8.44. The maximum absolute atomic E-state index is 13.2. The topological polar surface area (TPSA) is 66.5 Å². The van der Waals surface area contributed by atoms with Crippen molar-refractivity contribution in [2.24, 2.45) is 11.8 Å². The first-order valence-corrected chi connectivity index (χ1v) is 11.8. The average Bonchev–Trinajstić information content (AvgIpc) is 2.95. The molecule has 30 heavy (non-hydrogen) atoms. The van der Waals surface area contributed by atoms with Crippen LogP contribution in [0, 0.1) is 18.8 Å². The fourth-order valence-corrected chi connectivity index (χ4v) is 5.54. The summed E-state index contributed by atoms with van der Waals surface area (Å²) in [4.78, 5) is 40.8. The molecule has 2 aliphatic rings. The number of carbonyl (C=O) groups is 3. The van der Waals surface area contributed by atoms with Crippen LogP contribution in [0.3, 0.4) is 0 Å².